The Hall–Kier alpha value is -2.01. The molecule has 0 aliphatic heterocycles. The Bertz CT molecular complexity index is 611. The van der Waals surface area contributed by atoms with E-state index >= 15 is 0 Å². The number of hydrogen-bond donors (Lipinski definition) is 1. The molecule has 4 nitrogen and oxygen atoms in total. The van der Waals surface area contributed by atoms with E-state index in [0.717, 1.165) is 10.0 Å². The predicted octanol–water partition coefficient (Wildman–Crippen LogP) is 3.00. The van der Waals surface area contributed by atoms with Gasteiger partial charge in [-0.25, -0.2) is 5.43 Å². The third kappa shape index (κ3) is 3.72. The SMILES string of the molecule is CC(=NNC(=O)c1cccc(Br)c1)c1cccnc1. The van der Waals surface area contributed by atoms with Crippen LogP contribution < -0.4 is 5.43 Å². The van der Waals surface area contributed by atoms with Crippen LogP contribution in [0.3, 0.4) is 0 Å². The summed E-state index contributed by atoms with van der Waals surface area (Å²) in [6.45, 7) is 1.82. The number of carbonyl (C=O) groups is 1. The molecule has 0 aliphatic rings. The first kappa shape index (κ1) is 13.4. The average Bonchev–Trinajstić information content (AvgIpc) is 2.45. The smallest absolute Gasteiger partial charge is 0.267 e. The Morgan fingerprint density at radius 2 is 2.05 bits per heavy atom. The minimum atomic E-state index is -0.246. The van der Waals surface area contributed by atoms with E-state index < -0.39 is 0 Å². The summed E-state index contributed by atoms with van der Waals surface area (Å²) in [6.07, 6.45) is 3.39. The monoisotopic (exact) mass is 317 g/mol. The van der Waals surface area contributed by atoms with Gasteiger partial charge < -0.3 is 0 Å². The summed E-state index contributed by atoms with van der Waals surface area (Å²) < 4.78 is 0.855. The molecule has 1 aromatic carbocycles. The van der Waals surface area contributed by atoms with Crippen LogP contribution >= 0.6 is 15.9 Å². The zero-order valence-electron chi connectivity index (χ0n) is 10.3. The van der Waals surface area contributed by atoms with E-state index in [1.165, 1.54) is 0 Å². The van der Waals surface area contributed by atoms with Gasteiger partial charge in [0.1, 0.15) is 0 Å². The molecule has 0 fully saturated rings. The number of rotatable bonds is 3. The quantitative estimate of drug-likeness (QED) is 0.699. The Morgan fingerprint density at radius 1 is 1.26 bits per heavy atom. The van der Waals surface area contributed by atoms with Gasteiger partial charge in [0.15, 0.2) is 0 Å². The minimum absolute atomic E-state index is 0.246. The Kier molecular flexibility index (Phi) is 4.41. The lowest BCUT2D eigenvalue weighted by Crippen LogP contribution is -2.19. The molecule has 1 aromatic heterocycles. The molecule has 0 saturated heterocycles. The maximum Gasteiger partial charge on any atom is 0.271 e. The van der Waals surface area contributed by atoms with E-state index in [1.807, 2.05) is 25.1 Å². The molecule has 1 amide bonds. The van der Waals surface area contributed by atoms with E-state index in [9.17, 15) is 4.79 Å². The number of halogens is 1. The molecule has 2 rings (SSSR count). The molecule has 5 heteroatoms. The fraction of sp³-hybridized carbons (Fsp3) is 0.0714. The second kappa shape index (κ2) is 6.24. The molecule has 0 aliphatic carbocycles. The van der Waals surface area contributed by atoms with Gasteiger partial charge in [0.05, 0.1) is 5.71 Å². The summed E-state index contributed by atoms with van der Waals surface area (Å²) in [5.74, 6) is -0.246. The summed E-state index contributed by atoms with van der Waals surface area (Å²) in [4.78, 5) is 15.9. The lowest BCUT2D eigenvalue weighted by atomic mass is 10.2. The Balaban J connectivity index is 2.08. The van der Waals surface area contributed by atoms with Gasteiger partial charge in [0.2, 0.25) is 0 Å². The first-order chi connectivity index (χ1) is 9.16. The van der Waals surface area contributed by atoms with Crippen LogP contribution in [0.15, 0.2) is 58.4 Å². The van der Waals surface area contributed by atoms with Crippen molar-refractivity contribution in [3.8, 4) is 0 Å². The first-order valence-corrected chi connectivity index (χ1v) is 6.47. The van der Waals surface area contributed by atoms with Gasteiger partial charge in [-0.1, -0.05) is 28.1 Å². The fourth-order valence-electron chi connectivity index (χ4n) is 1.47. The van der Waals surface area contributed by atoms with Gasteiger partial charge in [-0.05, 0) is 31.2 Å². The number of amides is 1. The lowest BCUT2D eigenvalue weighted by molar-refractivity contribution is 0.0955. The largest absolute Gasteiger partial charge is 0.271 e. The van der Waals surface area contributed by atoms with Gasteiger partial charge in [-0.3, -0.25) is 9.78 Å². The second-order valence-corrected chi connectivity index (χ2v) is 4.81. The second-order valence-electron chi connectivity index (χ2n) is 3.89. The van der Waals surface area contributed by atoms with Crippen LogP contribution in [0.5, 0.6) is 0 Å². The molecule has 1 N–H and O–H groups in total. The van der Waals surface area contributed by atoms with Gasteiger partial charge >= 0.3 is 0 Å². The maximum atomic E-state index is 11.9. The number of aromatic nitrogens is 1. The standard InChI is InChI=1S/C14H12BrN3O/c1-10(12-5-3-7-16-9-12)17-18-14(19)11-4-2-6-13(15)8-11/h2-9H,1H3,(H,18,19). The molecule has 19 heavy (non-hydrogen) atoms. The molecule has 0 bridgehead atoms. The highest BCUT2D eigenvalue weighted by Crippen LogP contribution is 2.11. The van der Waals surface area contributed by atoms with Gasteiger partial charge in [0.25, 0.3) is 5.91 Å². The normalized spacial score (nSPS) is 11.2. The van der Waals surface area contributed by atoms with E-state index in [4.69, 9.17) is 0 Å². The number of nitrogens with zero attached hydrogens (tertiary/aromatic N) is 2. The molecule has 0 spiro atoms. The van der Waals surface area contributed by atoms with Gasteiger partial charge in [-0.2, -0.15) is 5.10 Å². The lowest BCUT2D eigenvalue weighted by Gasteiger charge is -2.03. The highest BCUT2D eigenvalue weighted by atomic mass is 79.9. The minimum Gasteiger partial charge on any atom is -0.267 e. The van der Waals surface area contributed by atoms with E-state index in [0.29, 0.717) is 11.3 Å². The first-order valence-electron chi connectivity index (χ1n) is 5.67. The van der Waals surface area contributed by atoms with Crippen LogP contribution in [-0.4, -0.2) is 16.6 Å². The third-order valence-corrected chi connectivity index (χ3v) is 2.98. The fourth-order valence-corrected chi connectivity index (χ4v) is 1.87. The number of nitrogens with one attached hydrogen (secondary N) is 1. The van der Waals surface area contributed by atoms with Crippen LogP contribution in [0.25, 0.3) is 0 Å². The van der Waals surface area contributed by atoms with E-state index in [1.54, 1.807) is 30.6 Å². The third-order valence-electron chi connectivity index (χ3n) is 2.49. The molecule has 0 saturated carbocycles. The number of hydrazone groups is 1. The maximum absolute atomic E-state index is 11.9. The summed E-state index contributed by atoms with van der Waals surface area (Å²) in [7, 11) is 0. The number of hydrogen-bond acceptors (Lipinski definition) is 3. The van der Waals surface area contributed by atoms with Gasteiger partial charge in [-0.15, -0.1) is 0 Å². The number of pyridine rings is 1. The zero-order chi connectivity index (χ0) is 13.7. The summed E-state index contributed by atoms with van der Waals surface area (Å²) in [6, 6.07) is 10.8. The molecular weight excluding hydrogens is 306 g/mol. The average molecular weight is 318 g/mol. The van der Waals surface area contributed by atoms with Crippen molar-refractivity contribution >= 4 is 27.5 Å². The Morgan fingerprint density at radius 3 is 2.74 bits per heavy atom. The van der Waals surface area contributed by atoms with E-state index in [2.05, 4.69) is 31.4 Å². The van der Waals surface area contributed by atoms with Crippen LogP contribution in [-0.2, 0) is 0 Å². The molecule has 1 heterocycles. The van der Waals surface area contributed by atoms with Crippen molar-refractivity contribution in [2.45, 2.75) is 6.92 Å². The van der Waals surface area contributed by atoms with E-state index in [-0.39, 0.29) is 5.91 Å². The highest BCUT2D eigenvalue weighted by Gasteiger charge is 2.05. The van der Waals surface area contributed by atoms with Crippen LogP contribution in [0.4, 0.5) is 0 Å². The number of benzene rings is 1. The van der Waals surface area contributed by atoms with Crippen LogP contribution in [0.2, 0.25) is 0 Å². The Labute approximate surface area is 119 Å². The predicted molar refractivity (Wildman–Crippen MR) is 78.1 cm³/mol. The van der Waals surface area contributed by atoms with Crippen molar-refractivity contribution < 1.29 is 4.79 Å². The zero-order valence-corrected chi connectivity index (χ0v) is 11.9. The van der Waals surface area contributed by atoms with Crippen molar-refractivity contribution in [2.75, 3.05) is 0 Å². The molecule has 0 atom stereocenters. The topological polar surface area (TPSA) is 54.4 Å². The molecule has 2 aromatic rings. The summed E-state index contributed by atoms with van der Waals surface area (Å²) in [5.41, 5.74) is 4.66. The summed E-state index contributed by atoms with van der Waals surface area (Å²) in [5, 5.41) is 4.06. The van der Waals surface area contributed by atoms with Crippen molar-refractivity contribution in [3.05, 3.63) is 64.4 Å². The molecule has 96 valence electrons. The van der Waals surface area contributed by atoms with Crippen LogP contribution in [0, 0.1) is 0 Å². The highest BCUT2D eigenvalue weighted by molar-refractivity contribution is 9.10. The van der Waals surface area contributed by atoms with Crippen molar-refractivity contribution in [1.29, 1.82) is 0 Å². The van der Waals surface area contributed by atoms with Gasteiger partial charge in [0, 0.05) is 28.0 Å². The van der Waals surface area contributed by atoms with Crippen molar-refractivity contribution in [2.24, 2.45) is 5.10 Å². The summed E-state index contributed by atoms with van der Waals surface area (Å²) >= 11 is 3.32. The number of carbonyl (C=O) groups excluding carboxylic acids is 1. The van der Waals surface area contributed by atoms with Crippen molar-refractivity contribution in [3.63, 3.8) is 0 Å². The van der Waals surface area contributed by atoms with Crippen LogP contribution in [0.1, 0.15) is 22.8 Å². The molecule has 0 unspecified atom stereocenters. The molecule has 0 radical (unpaired) electrons. The molecular formula is C14H12BrN3O. The van der Waals surface area contributed by atoms with Crippen molar-refractivity contribution in [1.82, 2.24) is 10.4 Å².